The van der Waals surface area contributed by atoms with Crippen molar-refractivity contribution in [3.63, 3.8) is 0 Å². The molecule has 0 saturated heterocycles. The predicted molar refractivity (Wildman–Crippen MR) is 48.5 cm³/mol. The summed E-state index contributed by atoms with van der Waals surface area (Å²) in [5.41, 5.74) is 0. The average Bonchev–Trinajstić information content (AvgIpc) is 1.91. The maximum atomic E-state index is 3.76. The van der Waals surface area contributed by atoms with Crippen molar-refractivity contribution < 1.29 is 18.9 Å². The van der Waals surface area contributed by atoms with Gasteiger partial charge in [0, 0.05) is 0 Å². The molecule has 0 aliphatic carbocycles. The van der Waals surface area contributed by atoms with Crippen LogP contribution < -0.4 is 24.2 Å². The molecule has 0 spiro atoms. The maximum absolute atomic E-state index is 3.76. The fourth-order valence-electron chi connectivity index (χ4n) is 0.604. The van der Waals surface area contributed by atoms with Crippen LogP contribution in [0.25, 0.3) is 0 Å². The van der Waals surface area contributed by atoms with Crippen molar-refractivity contribution >= 4 is 0 Å². The zero-order valence-electron chi connectivity index (χ0n) is 8.45. The molecule has 0 aromatic carbocycles. The van der Waals surface area contributed by atoms with E-state index in [0.717, 1.165) is 6.42 Å². The second-order valence-corrected chi connectivity index (χ2v) is 2.27. The minimum absolute atomic E-state index is 0. The van der Waals surface area contributed by atoms with Gasteiger partial charge in [-0.3, -0.25) is 7.05 Å². The molecule has 0 saturated carbocycles. The van der Waals surface area contributed by atoms with E-state index in [1.54, 1.807) is 7.05 Å². The van der Waals surface area contributed by atoms with Crippen molar-refractivity contribution in [3.8, 4) is 0 Å². The van der Waals surface area contributed by atoms with E-state index in [2.05, 4.69) is 26.2 Å². The Morgan fingerprint density at radius 3 is 1.91 bits per heavy atom. The zero-order valence-corrected chi connectivity index (χ0v) is 8.45. The molecule has 0 aliphatic rings. The maximum Gasteiger partial charge on any atom is 1.00 e. The number of nitrogens with one attached hydrogen (secondary N) is 1. The molecule has 0 unspecified atom stereocenters. The molecule has 0 fully saturated rings. The van der Waals surface area contributed by atoms with Gasteiger partial charge in [0.05, 0.1) is 0 Å². The van der Waals surface area contributed by atoms with E-state index in [1.807, 2.05) is 0 Å². The minimum Gasteiger partial charge on any atom is -0.475 e. The van der Waals surface area contributed by atoms with Crippen molar-refractivity contribution in [3.05, 3.63) is 14.0 Å². The summed E-state index contributed by atoms with van der Waals surface area (Å²) in [6, 6.07) is 0. The molecule has 64 valence electrons. The molecule has 1 nitrogen and oxygen atoms in total. The Labute approximate surface area is 84.5 Å². The molecule has 0 aliphatic heterocycles. The SMILES string of the molecule is [CH2-]CCCCCC.[CH2-]NC.[Li+]. The fraction of sp³-hybridized carbons (Fsp3) is 0.778. The van der Waals surface area contributed by atoms with Gasteiger partial charge in [0.2, 0.25) is 0 Å². The van der Waals surface area contributed by atoms with Crippen molar-refractivity contribution in [2.24, 2.45) is 0 Å². The first-order valence-corrected chi connectivity index (χ1v) is 4.06. The van der Waals surface area contributed by atoms with Crippen LogP contribution in [0, 0.1) is 14.0 Å². The third kappa shape index (κ3) is 37.2. The molecule has 0 radical (unpaired) electrons. The van der Waals surface area contributed by atoms with Crippen LogP contribution in [0.4, 0.5) is 0 Å². The van der Waals surface area contributed by atoms with Crippen LogP contribution in [0.5, 0.6) is 0 Å². The van der Waals surface area contributed by atoms with E-state index in [9.17, 15) is 0 Å². The topological polar surface area (TPSA) is 12.0 Å². The van der Waals surface area contributed by atoms with Crippen LogP contribution in [-0.2, 0) is 0 Å². The van der Waals surface area contributed by atoms with Gasteiger partial charge < -0.3 is 12.2 Å². The molecule has 0 amide bonds. The van der Waals surface area contributed by atoms with Crippen LogP contribution in [0.15, 0.2) is 0 Å². The van der Waals surface area contributed by atoms with Crippen molar-refractivity contribution in [1.29, 1.82) is 0 Å². The van der Waals surface area contributed by atoms with Gasteiger partial charge in [-0.2, -0.15) is 6.42 Å². The summed E-state index contributed by atoms with van der Waals surface area (Å²) in [7, 11) is 5.00. The molecule has 0 bridgehead atoms. The second-order valence-electron chi connectivity index (χ2n) is 2.27. The average molecular weight is 150 g/mol. The van der Waals surface area contributed by atoms with Crippen LogP contribution in [0.2, 0.25) is 0 Å². The first-order valence-electron chi connectivity index (χ1n) is 4.06. The number of unbranched alkanes of at least 4 members (excludes halogenated alkanes) is 4. The largest absolute Gasteiger partial charge is 1.00 e. The van der Waals surface area contributed by atoms with Gasteiger partial charge in [-0.15, -0.1) is 0 Å². The number of rotatable bonds is 4. The Hall–Kier alpha value is 0.557. The van der Waals surface area contributed by atoms with Gasteiger partial charge >= 0.3 is 18.9 Å². The van der Waals surface area contributed by atoms with E-state index in [1.165, 1.54) is 25.7 Å². The van der Waals surface area contributed by atoms with E-state index in [-0.39, 0.29) is 18.9 Å². The molecule has 1 N–H and O–H groups in total. The Bertz CT molecular complexity index is 36.5. The van der Waals surface area contributed by atoms with Crippen LogP contribution in [-0.4, -0.2) is 7.05 Å². The summed E-state index contributed by atoms with van der Waals surface area (Å²) >= 11 is 0. The van der Waals surface area contributed by atoms with Gasteiger partial charge in [-0.05, 0) is 7.05 Å². The molecule has 0 heterocycles. The van der Waals surface area contributed by atoms with Crippen molar-refractivity contribution in [2.45, 2.75) is 39.0 Å². The quantitative estimate of drug-likeness (QED) is 0.332. The van der Waals surface area contributed by atoms with Crippen LogP contribution in [0.3, 0.4) is 0 Å². The van der Waals surface area contributed by atoms with Gasteiger partial charge in [-0.1, -0.05) is 32.6 Å². The smallest absolute Gasteiger partial charge is 0.475 e. The third-order valence-electron chi connectivity index (χ3n) is 1.10. The van der Waals surface area contributed by atoms with Gasteiger partial charge in [0.15, 0.2) is 0 Å². The summed E-state index contributed by atoms with van der Waals surface area (Å²) in [5.74, 6) is 0. The van der Waals surface area contributed by atoms with E-state index >= 15 is 0 Å². The van der Waals surface area contributed by atoms with Crippen molar-refractivity contribution in [1.82, 2.24) is 5.32 Å². The number of hydrogen-bond acceptors (Lipinski definition) is 1. The molecule has 2 heteroatoms. The summed E-state index contributed by atoms with van der Waals surface area (Å²) in [5, 5.41) is 2.50. The number of hydrogen-bond donors (Lipinski definition) is 1. The third-order valence-corrected chi connectivity index (χ3v) is 1.10. The van der Waals surface area contributed by atoms with E-state index in [0.29, 0.717) is 0 Å². The Morgan fingerprint density at radius 1 is 1.18 bits per heavy atom. The second kappa shape index (κ2) is 22.4. The predicted octanol–water partition coefficient (Wildman–Crippen LogP) is -0.208. The Balaban J connectivity index is -0.000000140. The summed E-state index contributed by atoms with van der Waals surface area (Å²) in [4.78, 5) is 0. The van der Waals surface area contributed by atoms with Crippen LogP contribution >= 0.6 is 0 Å². The Morgan fingerprint density at radius 2 is 1.64 bits per heavy atom. The van der Waals surface area contributed by atoms with E-state index in [4.69, 9.17) is 0 Å². The molecule has 0 rings (SSSR count). The minimum atomic E-state index is 0. The summed E-state index contributed by atoms with van der Waals surface area (Å²) < 4.78 is 0. The monoisotopic (exact) mass is 150 g/mol. The first-order chi connectivity index (χ1) is 4.83. The molecular weight excluding hydrogens is 129 g/mol. The molecular formula is C9H21LiN-. The Kier molecular flexibility index (Phi) is 35.9. The van der Waals surface area contributed by atoms with Crippen LogP contribution in [0.1, 0.15) is 39.0 Å². The van der Waals surface area contributed by atoms with Gasteiger partial charge in [-0.25, -0.2) is 0 Å². The summed E-state index contributed by atoms with van der Waals surface area (Å²) in [6.45, 7) is 5.98. The standard InChI is InChI=1S/C7H15.C2H6N.Li/c1-3-5-7-6-4-2;1-3-2;/h1,3-7H2,2H3;3H,1H2,2H3;/q2*-1;+1. The molecule has 11 heavy (non-hydrogen) atoms. The van der Waals surface area contributed by atoms with Crippen molar-refractivity contribution in [2.75, 3.05) is 7.05 Å². The first kappa shape index (κ1) is 17.6. The molecule has 0 atom stereocenters. The van der Waals surface area contributed by atoms with E-state index < -0.39 is 0 Å². The van der Waals surface area contributed by atoms with Gasteiger partial charge in [0.25, 0.3) is 0 Å². The zero-order chi connectivity index (χ0) is 8.24. The summed E-state index contributed by atoms with van der Waals surface area (Å²) in [6.07, 6.45) is 6.52. The molecule has 0 aromatic heterocycles. The van der Waals surface area contributed by atoms with Gasteiger partial charge in [0.1, 0.15) is 0 Å². The normalized spacial score (nSPS) is 7.64. The molecule has 0 aromatic rings. The fourth-order valence-corrected chi connectivity index (χ4v) is 0.604.